The molecule has 0 radical (unpaired) electrons. The van der Waals surface area contributed by atoms with E-state index >= 15 is 0 Å². The van der Waals surface area contributed by atoms with Gasteiger partial charge >= 0.3 is 12.4 Å². The summed E-state index contributed by atoms with van der Waals surface area (Å²) < 4.78 is 76.4. The quantitative estimate of drug-likeness (QED) is 0.630. The molecule has 120 valence electrons. The molecule has 2 rings (SSSR count). The van der Waals surface area contributed by atoms with Gasteiger partial charge in [-0.2, -0.15) is 31.3 Å². The molecule has 0 bridgehead atoms. The molecular formula is C11H7BrF6N4. The number of anilines is 1. The molecule has 0 fully saturated rings. The minimum Gasteiger partial charge on any atom is -0.398 e. The Bertz CT molecular complexity index is 691. The Morgan fingerprint density at radius 1 is 1.09 bits per heavy atom. The Labute approximate surface area is 128 Å². The molecule has 11 heteroatoms. The Balaban J connectivity index is 2.44. The fourth-order valence-corrected chi connectivity index (χ4v) is 2.05. The molecule has 0 saturated heterocycles. The second-order valence-electron chi connectivity index (χ2n) is 4.27. The molecule has 0 saturated carbocycles. The normalized spacial score (nSPS) is 12.7. The van der Waals surface area contributed by atoms with Gasteiger partial charge in [-0.15, -0.1) is 5.10 Å². The zero-order valence-electron chi connectivity index (χ0n) is 10.5. The molecule has 2 N–H and O–H groups in total. The third kappa shape index (κ3) is 3.51. The van der Waals surface area contributed by atoms with E-state index in [2.05, 4.69) is 26.0 Å². The van der Waals surface area contributed by atoms with Crippen LogP contribution in [0.5, 0.6) is 0 Å². The maximum atomic E-state index is 12.8. The highest BCUT2D eigenvalue weighted by atomic mass is 79.9. The molecule has 0 spiro atoms. The van der Waals surface area contributed by atoms with E-state index in [-0.39, 0.29) is 10.2 Å². The summed E-state index contributed by atoms with van der Waals surface area (Å²) in [6.45, 7) is -0.531. The maximum Gasteiger partial charge on any atom is 0.453 e. The SMILES string of the molecule is Nc1ccc(Cn2nc(C(F)(F)F)nc2C(F)(F)F)cc1Br. The first-order chi connectivity index (χ1) is 9.98. The van der Waals surface area contributed by atoms with E-state index in [9.17, 15) is 26.3 Å². The van der Waals surface area contributed by atoms with E-state index in [1.165, 1.54) is 18.2 Å². The van der Waals surface area contributed by atoms with Crippen molar-refractivity contribution in [3.05, 3.63) is 39.9 Å². The Morgan fingerprint density at radius 3 is 2.23 bits per heavy atom. The van der Waals surface area contributed by atoms with Crippen LogP contribution in [0.1, 0.15) is 17.2 Å². The maximum absolute atomic E-state index is 12.8. The lowest BCUT2D eigenvalue weighted by atomic mass is 10.2. The number of benzene rings is 1. The average Bonchev–Trinajstić information content (AvgIpc) is 2.77. The number of nitrogens with zero attached hydrogens (tertiary/aromatic N) is 3. The molecule has 0 aliphatic heterocycles. The number of alkyl halides is 6. The molecule has 0 unspecified atom stereocenters. The summed E-state index contributed by atoms with van der Waals surface area (Å²) in [5, 5.41) is 2.91. The van der Waals surface area contributed by atoms with Gasteiger partial charge in [-0.25, -0.2) is 4.68 Å². The standard InChI is InChI=1S/C11H7BrF6N4/c12-6-3-5(1-2-7(6)19)4-22-9(11(16,17)18)20-8(21-22)10(13,14)15/h1-3H,4,19H2. The summed E-state index contributed by atoms with van der Waals surface area (Å²) in [4.78, 5) is 2.55. The van der Waals surface area contributed by atoms with Crippen molar-refractivity contribution in [1.29, 1.82) is 0 Å². The van der Waals surface area contributed by atoms with Crippen LogP contribution in [0.15, 0.2) is 22.7 Å². The molecule has 0 amide bonds. The Hall–Kier alpha value is -1.78. The van der Waals surface area contributed by atoms with Crippen LogP contribution in [0.25, 0.3) is 0 Å². The number of nitrogen functional groups attached to an aromatic ring is 1. The van der Waals surface area contributed by atoms with E-state index in [1.807, 2.05) is 0 Å². The molecule has 4 nitrogen and oxygen atoms in total. The van der Waals surface area contributed by atoms with Crippen LogP contribution >= 0.6 is 15.9 Å². The highest BCUT2D eigenvalue weighted by molar-refractivity contribution is 9.10. The number of hydrogen-bond acceptors (Lipinski definition) is 3. The summed E-state index contributed by atoms with van der Waals surface area (Å²) in [7, 11) is 0. The van der Waals surface area contributed by atoms with Crippen molar-refractivity contribution in [3.63, 3.8) is 0 Å². The van der Waals surface area contributed by atoms with E-state index in [0.29, 0.717) is 10.2 Å². The largest absolute Gasteiger partial charge is 0.453 e. The Kier molecular flexibility index (Phi) is 4.11. The number of hydrogen-bond donors (Lipinski definition) is 1. The van der Waals surface area contributed by atoms with Gasteiger partial charge in [0.05, 0.1) is 6.54 Å². The zero-order valence-corrected chi connectivity index (χ0v) is 12.1. The van der Waals surface area contributed by atoms with Crippen LogP contribution in [0.4, 0.5) is 32.0 Å². The number of nitrogens with two attached hydrogens (primary N) is 1. The van der Waals surface area contributed by atoms with Gasteiger partial charge < -0.3 is 5.73 Å². The molecule has 0 aliphatic rings. The summed E-state index contributed by atoms with van der Waals surface area (Å²) in [5.41, 5.74) is 6.16. The minimum atomic E-state index is -5.06. The number of rotatable bonds is 2. The average molecular weight is 389 g/mol. The minimum absolute atomic E-state index is 0.167. The van der Waals surface area contributed by atoms with Crippen molar-refractivity contribution in [3.8, 4) is 0 Å². The predicted octanol–water partition coefficient (Wildman–Crippen LogP) is 3.71. The molecule has 1 aromatic carbocycles. The molecule has 22 heavy (non-hydrogen) atoms. The van der Waals surface area contributed by atoms with Gasteiger partial charge in [0.25, 0.3) is 5.82 Å². The van der Waals surface area contributed by atoms with Crippen molar-refractivity contribution < 1.29 is 26.3 Å². The van der Waals surface area contributed by atoms with Crippen LogP contribution < -0.4 is 5.73 Å². The fraction of sp³-hybridized carbons (Fsp3) is 0.273. The van der Waals surface area contributed by atoms with E-state index < -0.39 is 30.5 Å². The second kappa shape index (κ2) is 5.45. The lowest BCUT2D eigenvalue weighted by Crippen LogP contribution is -2.16. The number of aromatic nitrogens is 3. The molecule has 0 atom stereocenters. The third-order valence-electron chi connectivity index (χ3n) is 2.58. The van der Waals surface area contributed by atoms with Crippen LogP contribution in [0.2, 0.25) is 0 Å². The van der Waals surface area contributed by atoms with Crippen molar-refractivity contribution in [2.24, 2.45) is 0 Å². The van der Waals surface area contributed by atoms with Gasteiger partial charge in [-0.1, -0.05) is 6.07 Å². The number of halogens is 7. The molecule has 2 aromatic rings. The summed E-state index contributed by atoms with van der Waals surface area (Å²) >= 11 is 3.08. The van der Waals surface area contributed by atoms with Gasteiger partial charge in [-0.3, -0.25) is 0 Å². The second-order valence-corrected chi connectivity index (χ2v) is 5.12. The predicted molar refractivity (Wildman–Crippen MR) is 67.7 cm³/mol. The van der Waals surface area contributed by atoms with E-state index in [1.54, 1.807) is 0 Å². The first-order valence-corrected chi connectivity index (χ1v) is 6.41. The van der Waals surface area contributed by atoms with Crippen LogP contribution in [-0.2, 0) is 18.9 Å². The highest BCUT2D eigenvalue weighted by Gasteiger charge is 2.43. The first kappa shape index (κ1) is 16.6. The lowest BCUT2D eigenvalue weighted by Gasteiger charge is -2.09. The third-order valence-corrected chi connectivity index (χ3v) is 3.26. The molecular weight excluding hydrogens is 382 g/mol. The van der Waals surface area contributed by atoms with Gasteiger partial charge in [-0.05, 0) is 33.6 Å². The molecule has 0 aliphatic carbocycles. The van der Waals surface area contributed by atoms with Crippen molar-refractivity contribution >= 4 is 21.6 Å². The summed E-state index contributed by atoms with van der Waals surface area (Å²) in [6.07, 6.45) is -10.1. The van der Waals surface area contributed by atoms with Crippen molar-refractivity contribution in [2.45, 2.75) is 18.9 Å². The van der Waals surface area contributed by atoms with E-state index in [4.69, 9.17) is 5.73 Å². The van der Waals surface area contributed by atoms with E-state index in [0.717, 1.165) is 0 Å². The summed E-state index contributed by atoms with van der Waals surface area (Å²) in [6, 6.07) is 4.19. The molecule has 1 heterocycles. The van der Waals surface area contributed by atoms with Crippen molar-refractivity contribution in [2.75, 3.05) is 5.73 Å². The summed E-state index contributed by atoms with van der Waals surface area (Å²) in [5.74, 6) is -3.55. The van der Waals surface area contributed by atoms with Crippen molar-refractivity contribution in [1.82, 2.24) is 14.8 Å². The van der Waals surface area contributed by atoms with Gasteiger partial charge in [0.15, 0.2) is 0 Å². The van der Waals surface area contributed by atoms with Crippen LogP contribution in [0.3, 0.4) is 0 Å². The Morgan fingerprint density at radius 2 is 1.73 bits per heavy atom. The highest BCUT2D eigenvalue weighted by Crippen LogP contribution is 2.33. The topological polar surface area (TPSA) is 56.7 Å². The van der Waals surface area contributed by atoms with Gasteiger partial charge in [0.1, 0.15) is 0 Å². The van der Waals surface area contributed by atoms with Crippen LogP contribution in [0, 0.1) is 0 Å². The smallest absolute Gasteiger partial charge is 0.398 e. The first-order valence-electron chi connectivity index (χ1n) is 5.61. The van der Waals surface area contributed by atoms with Gasteiger partial charge in [0, 0.05) is 10.2 Å². The van der Waals surface area contributed by atoms with Gasteiger partial charge in [0.2, 0.25) is 5.82 Å². The molecule has 1 aromatic heterocycles. The lowest BCUT2D eigenvalue weighted by molar-refractivity contribution is -0.150. The van der Waals surface area contributed by atoms with Crippen LogP contribution in [-0.4, -0.2) is 14.8 Å². The fourth-order valence-electron chi connectivity index (χ4n) is 1.62. The zero-order chi connectivity index (χ0) is 16.7. The monoisotopic (exact) mass is 388 g/mol.